The molecule has 0 N–H and O–H groups in total. The van der Waals surface area contributed by atoms with E-state index in [4.69, 9.17) is 25.8 Å². The van der Waals surface area contributed by atoms with Crippen molar-refractivity contribution in [3.05, 3.63) is 69.7 Å². The highest BCUT2D eigenvalue weighted by atomic mass is 35.5. The first kappa shape index (κ1) is 21.7. The van der Waals surface area contributed by atoms with E-state index in [1.54, 1.807) is 35.0 Å². The van der Waals surface area contributed by atoms with Gasteiger partial charge in [0.15, 0.2) is 22.7 Å². The normalized spacial score (nSPS) is 11.2. The van der Waals surface area contributed by atoms with E-state index in [2.05, 4.69) is 15.3 Å². The number of halogens is 1. The molecule has 0 aliphatic heterocycles. The summed E-state index contributed by atoms with van der Waals surface area (Å²) in [5, 5.41) is 13.9. The number of nitrogens with zero attached hydrogens (tertiary/aromatic N) is 5. The van der Waals surface area contributed by atoms with E-state index in [1.807, 2.05) is 25.1 Å². The van der Waals surface area contributed by atoms with Crippen LogP contribution in [0.25, 0.3) is 33.5 Å². The summed E-state index contributed by atoms with van der Waals surface area (Å²) < 4.78 is 19.3. The molecule has 3 heterocycles. The lowest BCUT2D eigenvalue weighted by Gasteiger charge is -2.15. The molecule has 3 aromatic heterocycles. The zero-order valence-corrected chi connectivity index (χ0v) is 19.6. The van der Waals surface area contributed by atoms with Crippen molar-refractivity contribution in [2.45, 2.75) is 6.92 Å². The van der Waals surface area contributed by atoms with Gasteiger partial charge in [0.1, 0.15) is 5.52 Å². The Balaban J connectivity index is 1.73. The van der Waals surface area contributed by atoms with Crippen molar-refractivity contribution in [1.29, 1.82) is 0 Å². The van der Waals surface area contributed by atoms with Gasteiger partial charge in [-0.2, -0.15) is 5.10 Å². The largest absolute Gasteiger partial charge is 0.493 e. The third-order valence-corrected chi connectivity index (χ3v) is 5.83. The molecule has 0 radical (unpaired) electrons. The van der Waals surface area contributed by atoms with Crippen LogP contribution < -0.4 is 19.8 Å². The van der Waals surface area contributed by atoms with Crippen molar-refractivity contribution in [3.8, 4) is 34.1 Å². The molecule has 5 rings (SSSR count). The quantitative estimate of drug-likeness (QED) is 0.376. The minimum absolute atomic E-state index is 0.170. The van der Waals surface area contributed by atoms with Gasteiger partial charge in [0.2, 0.25) is 5.75 Å². The molecule has 0 saturated carbocycles. The number of fused-ring (bicyclic) bond motifs is 3. The molecule has 34 heavy (non-hydrogen) atoms. The molecule has 0 atom stereocenters. The number of aromatic nitrogens is 5. The lowest BCUT2D eigenvalue weighted by Crippen LogP contribution is -2.20. The molecule has 172 valence electrons. The van der Waals surface area contributed by atoms with Crippen molar-refractivity contribution in [3.63, 3.8) is 0 Å². The predicted octanol–water partition coefficient (Wildman–Crippen LogP) is 4.08. The minimum Gasteiger partial charge on any atom is -0.493 e. The molecule has 10 heteroatoms. The van der Waals surface area contributed by atoms with Crippen LogP contribution in [0.4, 0.5) is 0 Å². The van der Waals surface area contributed by atoms with Crippen LogP contribution in [0.5, 0.6) is 17.2 Å². The summed E-state index contributed by atoms with van der Waals surface area (Å²) in [6.07, 6.45) is 1.66. The fourth-order valence-corrected chi connectivity index (χ4v) is 4.23. The Labute approximate surface area is 199 Å². The van der Waals surface area contributed by atoms with E-state index in [1.165, 1.54) is 25.9 Å². The van der Waals surface area contributed by atoms with Crippen LogP contribution in [0.2, 0.25) is 5.02 Å². The van der Waals surface area contributed by atoms with E-state index in [-0.39, 0.29) is 11.1 Å². The molecule has 0 bridgehead atoms. The zero-order valence-electron chi connectivity index (χ0n) is 18.9. The molecule has 0 fully saturated rings. The average Bonchev–Trinajstić information content (AvgIpc) is 3.19. The molecule has 0 aliphatic rings. The van der Waals surface area contributed by atoms with E-state index < -0.39 is 0 Å². The first-order chi connectivity index (χ1) is 16.5. The van der Waals surface area contributed by atoms with Gasteiger partial charge < -0.3 is 14.2 Å². The number of ether oxygens (including phenoxy) is 3. The van der Waals surface area contributed by atoms with Crippen LogP contribution in [0.1, 0.15) is 5.69 Å². The third kappa shape index (κ3) is 3.32. The Morgan fingerprint density at radius 3 is 2.32 bits per heavy atom. The summed E-state index contributed by atoms with van der Waals surface area (Å²) >= 11 is 6.19. The third-order valence-electron chi connectivity index (χ3n) is 5.60. The van der Waals surface area contributed by atoms with Crippen LogP contribution in [-0.2, 0) is 0 Å². The second-order valence-electron chi connectivity index (χ2n) is 7.51. The fourth-order valence-electron chi connectivity index (χ4n) is 4.04. The van der Waals surface area contributed by atoms with Crippen molar-refractivity contribution in [2.24, 2.45) is 0 Å². The van der Waals surface area contributed by atoms with E-state index in [0.29, 0.717) is 39.1 Å². The maximum atomic E-state index is 13.4. The van der Waals surface area contributed by atoms with Crippen molar-refractivity contribution >= 4 is 28.3 Å². The molecular formula is C24H20ClN5O4. The number of aryl methyl sites for hydroxylation is 1. The van der Waals surface area contributed by atoms with E-state index in [9.17, 15) is 4.79 Å². The van der Waals surface area contributed by atoms with E-state index >= 15 is 0 Å². The van der Waals surface area contributed by atoms with Gasteiger partial charge in [-0.25, -0.2) is 4.52 Å². The Morgan fingerprint density at radius 2 is 1.68 bits per heavy atom. The molecule has 0 saturated heterocycles. The molecule has 0 aliphatic carbocycles. The summed E-state index contributed by atoms with van der Waals surface area (Å²) in [5.74, 6) is 1.29. The monoisotopic (exact) mass is 477 g/mol. The Bertz CT molecular complexity index is 1600. The molecular weight excluding hydrogens is 458 g/mol. The smallest absolute Gasteiger partial charge is 0.285 e. The maximum Gasteiger partial charge on any atom is 0.285 e. The fraction of sp³-hybridized carbons (Fsp3) is 0.167. The number of hydrogen-bond acceptors (Lipinski definition) is 7. The van der Waals surface area contributed by atoms with Gasteiger partial charge >= 0.3 is 0 Å². The second-order valence-corrected chi connectivity index (χ2v) is 7.95. The molecule has 5 aromatic rings. The summed E-state index contributed by atoms with van der Waals surface area (Å²) in [5.41, 5.74) is 3.84. The first-order valence-electron chi connectivity index (χ1n) is 10.3. The van der Waals surface area contributed by atoms with Crippen LogP contribution in [-0.4, -0.2) is 45.7 Å². The number of benzene rings is 2. The van der Waals surface area contributed by atoms with Gasteiger partial charge in [0.25, 0.3) is 5.56 Å². The van der Waals surface area contributed by atoms with E-state index in [0.717, 1.165) is 16.8 Å². The van der Waals surface area contributed by atoms with Crippen molar-refractivity contribution in [1.82, 2.24) is 24.4 Å². The van der Waals surface area contributed by atoms with Crippen LogP contribution in [0.3, 0.4) is 0 Å². The van der Waals surface area contributed by atoms with Gasteiger partial charge in [0.05, 0.1) is 38.3 Å². The van der Waals surface area contributed by atoms with Crippen LogP contribution in [0, 0.1) is 6.92 Å². The standard InChI is InChI=1S/C24H20ClN5O4/c1-13-20(14-6-5-7-15(25)10-14)23-27-26-21-17(30(23)28-13)8-9-29(24(21)31)16-11-18(32-2)22(34-4)19(12-16)33-3/h5-12H,1-4H3. The van der Waals surface area contributed by atoms with Gasteiger partial charge in [-0.3, -0.25) is 9.36 Å². The summed E-state index contributed by atoms with van der Waals surface area (Å²) in [6, 6.07) is 12.6. The highest BCUT2D eigenvalue weighted by molar-refractivity contribution is 6.30. The highest BCUT2D eigenvalue weighted by Crippen LogP contribution is 2.39. The number of rotatable bonds is 5. The predicted molar refractivity (Wildman–Crippen MR) is 129 cm³/mol. The molecule has 0 unspecified atom stereocenters. The zero-order chi connectivity index (χ0) is 24.0. The lowest BCUT2D eigenvalue weighted by atomic mass is 10.1. The van der Waals surface area contributed by atoms with Gasteiger partial charge in [-0.1, -0.05) is 23.7 Å². The second kappa shape index (κ2) is 8.35. The van der Waals surface area contributed by atoms with Gasteiger partial charge in [0, 0.05) is 23.4 Å². The molecule has 0 spiro atoms. The topological polar surface area (TPSA) is 92.8 Å². The van der Waals surface area contributed by atoms with Crippen LogP contribution >= 0.6 is 11.6 Å². The lowest BCUT2D eigenvalue weighted by molar-refractivity contribution is 0.324. The Kier molecular flexibility index (Phi) is 5.33. The first-order valence-corrected chi connectivity index (χ1v) is 10.7. The highest BCUT2D eigenvalue weighted by Gasteiger charge is 2.19. The van der Waals surface area contributed by atoms with Gasteiger partial charge in [-0.05, 0) is 30.7 Å². The summed E-state index contributed by atoms with van der Waals surface area (Å²) in [7, 11) is 4.56. The van der Waals surface area contributed by atoms with Gasteiger partial charge in [-0.15, -0.1) is 10.2 Å². The number of methoxy groups -OCH3 is 3. The summed E-state index contributed by atoms with van der Waals surface area (Å²) in [4.78, 5) is 13.4. The average molecular weight is 478 g/mol. The number of hydrogen-bond donors (Lipinski definition) is 0. The SMILES string of the molecule is COc1cc(-n2ccc3c(nnc4c(-c5cccc(Cl)c5)c(C)nn43)c2=O)cc(OC)c1OC. The Hall–Kier alpha value is -4.11. The maximum absolute atomic E-state index is 13.4. The van der Waals surface area contributed by atoms with Crippen LogP contribution in [0.15, 0.2) is 53.5 Å². The van der Waals surface area contributed by atoms with Crippen molar-refractivity contribution in [2.75, 3.05) is 21.3 Å². The number of pyridine rings is 1. The minimum atomic E-state index is -0.362. The Morgan fingerprint density at radius 1 is 0.941 bits per heavy atom. The summed E-state index contributed by atoms with van der Waals surface area (Å²) in [6.45, 7) is 1.88. The molecule has 2 aromatic carbocycles. The molecule has 0 amide bonds. The van der Waals surface area contributed by atoms with Crippen molar-refractivity contribution < 1.29 is 14.2 Å². The molecule has 9 nitrogen and oxygen atoms in total.